The smallest absolute Gasteiger partial charge is 0.271 e. The van der Waals surface area contributed by atoms with Crippen LogP contribution in [0.2, 0.25) is 0 Å². The lowest BCUT2D eigenvalue weighted by molar-refractivity contribution is -0.384. The van der Waals surface area contributed by atoms with E-state index < -0.39 is 10.3 Å². The average Bonchev–Trinajstić information content (AvgIpc) is 2.48. The number of nitrogens with zero attached hydrogens (tertiary/aromatic N) is 1. The first-order chi connectivity index (χ1) is 9.57. The first kappa shape index (κ1) is 14.5. The van der Waals surface area contributed by atoms with Crippen LogP contribution < -0.4 is 10.6 Å². The second kappa shape index (κ2) is 6.00. The van der Waals surface area contributed by atoms with Crippen LogP contribution in [0.4, 0.5) is 11.4 Å². The van der Waals surface area contributed by atoms with Gasteiger partial charge in [0.05, 0.1) is 10.3 Å². The zero-order valence-corrected chi connectivity index (χ0v) is 11.5. The Labute approximate surface area is 117 Å². The molecule has 1 amide bonds. The molecule has 0 bridgehead atoms. The number of piperidine rings is 1. The largest absolute Gasteiger partial charge is 0.325 e. The van der Waals surface area contributed by atoms with E-state index in [9.17, 15) is 14.9 Å². The minimum Gasteiger partial charge on any atom is -0.325 e. The molecule has 1 aliphatic heterocycles. The van der Waals surface area contributed by atoms with E-state index in [0.29, 0.717) is 12.2 Å². The van der Waals surface area contributed by atoms with E-state index in [-0.39, 0.29) is 11.6 Å². The molecule has 1 aromatic carbocycles. The Balaban J connectivity index is 2.14. The lowest BCUT2D eigenvalue weighted by Crippen LogP contribution is -2.47. The molecule has 1 atom stereocenters. The molecular weight excluding hydrogens is 258 g/mol. The number of nitro groups is 1. The Bertz CT molecular complexity index is 510. The lowest BCUT2D eigenvalue weighted by atomic mass is 9.77. The maximum atomic E-state index is 12.5. The molecule has 1 heterocycles. The summed E-state index contributed by atoms with van der Waals surface area (Å²) < 4.78 is 0. The summed E-state index contributed by atoms with van der Waals surface area (Å²) >= 11 is 0. The molecule has 0 aliphatic carbocycles. The van der Waals surface area contributed by atoms with E-state index >= 15 is 0 Å². The van der Waals surface area contributed by atoms with E-state index in [2.05, 4.69) is 10.6 Å². The number of rotatable bonds is 4. The number of nitrogens with one attached hydrogen (secondary N) is 2. The average molecular weight is 277 g/mol. The summed E-state index contributed by atoms with van der Waals surface area (Å²) in [7, 11) is 0. The topological polar surface area (TPSA) is 84.3 Å². The number of hydrogen-bond donors (Lipinski definition) is 2. The van der Waals surface area contributed by atoms with Crippen molar-refractivity contribution in [3.8, 4) is 0 Å². The molecule has 108 valence electrons. The molecule has 1 saturated heterocycles. The summed E-state index contributed by atoms with van der Waals surface area (Å²) in [5, 5.41) is 16.8. The minimum absolute atomic E-state index is 0.0184. The molecule has 1 fully saturated rings. The molecule has 0 spiro atoms. The second-order valence-corrected chi connectivity index (χ2v) is 5.18. The molecular formula is C14H19N3O3. The Morgan fingerprint density at radius 2 is 2.35 bits per heavy atom. The normalized spacial score (nSPS) is 22.2. The van der Waals surface area contributed by atoms with Crippen LogP contribution >= 0.6 is 0 Å². The van der Waals surface area contributed by atoms with Crippen molar-refractivity contribution in [2.75, 3.05) is 18.4 Å². The van der Waals surface area contributed by atoms with Gasteiger partial charge in [0.25, 0.3) is 5.69 Å². The molecule has 1 aliphatic rings. The van der Waals surface area contributed by atoms with Gasteiger partial charge in [-0.05, 0) is 31.9 Å². The lowest BCUT2D eigenvalue weighted by Gasteiger charge is -2.35. The van der Waals surface area contributed by atoms with Gasteiger partial charge >= 0.3 is 0 Å². The van der Waals surface area contributed by atoms with Gasteiger partial charge in [0.15, 0.2) is 0 Å². The number of non-ortho nitro benzene ring substituents is 1. The van der Waals surface area contributed by atoms with Gasteiger partial charge in [-0.2, -0.15) is 0 Å². The van der Waals surface area contributed by atoms with Crippen molar-refractivity contribution in [3.63, 3.8) is 0 Å². The Kier molecular flexibility index (Phi) is 4.34. The zero-order chi connectivity index (χ0) is 14.6. The maximum absolute atomic E-state index is 12.5. The highest BCUT2D eigenvalue weighted by Crippen LogP contribution is 2.31. The minimum atomic E-state index is -0.465. The summed E-state index contributed by atoms with van der Waals surface area (Å²) in [6, 6.07) is 6.04. The second-order valence-electron chi connectivity index (χ2n) is 5.18. The third-order valence-electron chi connectivity index (χ3n) is 3.95. The van der Waals surface area contributed by atoms with Crippen LogP contribution in [0, 0.1) is 15.5 Å². The van der Waals surface area contributed by atoms with Gasteiger partial charge in [-0.15, -0.1) is 0 Å². The fraction of sp³-hybridized carbons (Fsp3) is 0.500. The maximum Gasteiger partial charge on any atom is 0.271 e. The van der Waals surface area contributed by atoms with Gasteiger partial charge in [0, 0.05) is 24.4 Å². The van der Waals surface area contributed by atoms with E-state index in [1.807, 2.05) is 6.92 Å². The molecule has 6 heteroatoms. The monoisotopic (exact) mass is 277 g/mol. The number of anilines is 1. The summed E-state index contributed by atoms with van der Waals surface area (Å²) in [5.74, 6) is -0.0623. The molecule has 1 aromatic rings. The van der Waals surface area contributed by atoms with Crippen molar-refractivity contribution in [1.29, 1.82) is 0 Å². The Morgan fingerprint density at radius 1 is 1.55 bits per heavy atom. The quantitative estimate of drug-likeness (QED) is 0.653. The molecule has 0 radical (unpaired) electrons. The van der Waals surface area contributed by atoms with Gasteiger partial charge < -0.3 is 10.6 Å². The standard InChI is InChI=1S/C14H19N3O3/c1-2-14(7-4-8-15-10-14)13(18)16-11-5-3-6-12(9-11)17(19)20/h3,5-6,9,15H,2,4,7-8,10H2,1H3,(H,16,18). The number of benzene rings is 1. The molecule has 2 N–H and O–H groups in total. The number of hydrogen-bond acceptors (Lipinski definition) is 4. The van der Waals surface area contributed by atoms with Crippen molar-refractivity contribution >= 4 is 17.3 Å². The first-order valence-electron chi connectivity index (χ1n) is 6.84. The zero-order valence-electron chi connectivity index (χ0n) is 11.5. The predicted octanol–water partition coefficient (Wildman–Crippen LogP) is 2.31. The van der Waals surface area contributed by atoms with E-state index in [1.54, 1.807) is 12.1 Å². The number of carbonyl (C=O) groups is 1. The van der Waals surface area contributed by atoms with Crippen LogP contribution in [0.1, 0.15) is 26.2 Å². The van der Waals surface area contributed by atoms with Crippen LogP contribution in [-0.2, 0) is 4.79 Å². The van der Waals surface area contributed by atoms with Crippen LogP contribution in [0.3, 0.4) is 0 Å². The molecule has 0 saturated carbocycles. The van der Waals surface area contributed by atoms with Gasteiger partial charge in [-0.1, -0.05) is 13.0 Å². The summed E-state index contributed by atoms with van der Waals surface area (Å²) in [6.45, 7) is 3.59. The molecule has 1 unspecified atom stereocenters. The fourth-order valence-electron chi connectivity index (χ4n) is 2.58. The fourth-order valence-corrected chi connectivity index (χ4v) is 2.58. The predicted molar refractivity (Wildman–Crippen MR) is 76.6 cm³/mol. The van der Waals surface area contributed by atoms with Crippen molar-refractivity contribution < 1.29 is 9.72 Å². The van der Waals surface area contributed by atoms with Crippen LogP contribution in [0.15, 0.2) is 24.3 Å². The number of nitro benzene ring substituents is 1. The highest BCUT2D eigenvalue weighted by atomic mass is 16.6. The van der Waals surface area contributed by atoms with E-state index in [0.717, 1.165) is 25.8 Å². The van der Waals surface area contributed by atoms with Gasteiger partial charge in [-0.25, -0.2) is 0 Å². The number of carbonyl (C=O) groups excluding carboxylic acids is 1. The van der Waals surface area contributed by atoms with Crippen molar-refractivity contribution in [1.82, 2.24) is 5.32 Å². The Hall–Kier alpha value is -1.95. The van der Waals surface area contributed by atoms with Gasteiger partial charge in [0.1, 0.15) is 0 Å². The van der Waals surface area contributed by atoms with Crippen molar-refractivity contribution in [3.05, 3.63) is 34.4 Å². The van der Waals surface area contributed by atoms with Crippen LogP contribution in [0.25, 0.3) is 0 Å². The van der Waals surface area contributed by atoms with E-state index in [1.165, 1.54) is 12.1 Å². The van der Waals surface area contributed by atoms with Crippen LogP contribution in [-0.4, -0.2) is 23.9 Å². The summed E-state index contributed by atoms with van der Waals surface area (Å²) in [4.78, 5) is 22.8. The molecule has 2 rings (SSSR count). The van der Waals surface area contributed by atoms with Crippen molar-refractivity contribution in [2.45, 2.75) is 26.2 Å². The van der Waals surface area contributed by atoms with E-state index in [4.69, 9.17) is 0 Å². The van der Waals surface area contributed by atoms with Gasteiger partial charge in [0.2, 0.25) is 5.91 Å². The van der Waals surface area contributed by atoms with Crippen molar-refractivity contribution in [2.24, 2.45) is 5.41 Å². The summed E-state index contributed by atoms with van der Waals surface area (Å²) in [6.07, 6.45) is 2.56. The molecule has 6 nitrogen and oxygen atoms in total. The number of amides is 1. The van der Waals surface area contributed by atoms with Gasteiger partial charge in [-0.3, -0.25) is 14.9 Å². The Morgan fingerprint density at radius 3 is 2.95 bits per heavy atom. The third kappa shape index (κ3) is 2.96. The summed E-state index contributed by atoms with van der Waals surface area (Å²) in [5.41, 5.74) is 0.0424. The molecule has 20 heavy (non-hydrogen) atoms. The molecule has 0 aromatic heterocycles. The highest BCUT2D eigenvalue weighted by Gasteiger charge is 2.37. The first-order valence-corrected chi connectivity index (χ1v) is 6.84. The highest BCUT2D eigenvalue weighted by molar-refractivity contribution is 5.95. The van der Waals surface area contributed by atoms with Crippen LogP contribution in [0.5, 0.6) is 0 Å². The SMILES string of the molecule is CCC1(C(=O)Nc2cccc([N+](=O)[O-])c2)CCCNC1. The third-order valence-corrected chi connectivity index (χ3v) is 3.95.